The van der Waals surface area contributed by atoms with Crippen LogP contribution in [0.1, 0.15) is 5.56 Å². The van der Waals surface area contributed by atoms with Crippen molar-refractivity contribution in [1.29, 1.82) is 5.26 Å². The Morgan fingerprint density at radius 1 is 0.345 bits per heavy atom. The zero-order chi connectivity index (χ0) is 38.6. The fourth-order valence-corrected chi connectivity index (χ4v) is 8.68. The van der Waals surface area contributed by atoms with E-state index in [9.17, 15) is 5.26 Å². The van der Waals surface area contributed by atoms with Crippen molar-refractivity contribution in [2.45, 2.75) is 0 Å². The van der Waals surface area contributed by atoms with E-state index in [4.69, 9.17) is 4.98 Å². The molecule has 0 spiro atoms. The van der Waals surface area contributed by atoms with E-state index in [1.165, 1.54) is 11.1 Å². The van der Waals surface area contributed by atoms with Gasteiger partial charge in [0.2, 0.25) is 0 Å². The van der Waals surface area contributed by atoms with Crippen LogP contribution in [0, 0.1) is 11.3 Å². The standard InChI is InChI=1S/C54H34N4/c55-35-41-33-53(57-49-25-12-10-21-42(49)45-31-39(27-29-51(45)57)36-15-4-1-5-16-36)54(34-44(41)48-24-14-23-47(56-48)38-19-8-3-9-20-38)58-50-26-13-11-22-43(50)46-32-40(28-30-52(46)58)37-17-6-2-7-18-37/h1-34H. The Hall–Kier alpha value is -8.00. The summed E-state index contributed by atoms with van der Waals surface area (Å²) in [7, 11) is 0. The van der Waals surface area contributed by atoms with Crippen molar-refractivity contribution in [2.75, 3.05) is 0 Å². The van der Waals surface area contributed by atoms with E-state index in [0.717, 1.165) is 88.6 Å². The molecular formula is C54H34N4. The van der Waals surface area contributed by atoms with E-state index in [1.54, 1.807) is 0 Å². The van der Waals surface area contributed by atoms with E-state index in [0.29, 0.717) is 5.56 Å². The first-order valence-electron chi connectivity index (χ1n) is 19.5. The molecule has 270 valence electrons. The summed E-state index contributed by atoms with van der Waals surface area (Å²) < 4.78 is 4.71. The predicted molar refractivity (Wildman–Crippen MR) is 239 cm³/mol. The van der Waals surface area contributed by atoms with Crippen LogP contribution < -0.4 is 0 Å². The Morgan fingerprint density at radius 2 is 0.793 bits per heavy atom. The molecule has 58 heavy (non-hydrogen) atoms. The monoisotopic (exact) mass is 738 g/mol. The molecule has 4 nitrogen and oxygen atoms in total. The number of hydrogen-bond acceptors (Lipinski definition) is 2. The zero-order valence-electron chi connectivity index (χ0n) is 31.4. The highest BCUT2D eigenvalue weighted by atomic mass is 15.1. The van der Waals surface area contributed by atoms with Gasteiger partial charge in [0, 0.05) is 32.7 Å². The number of fused-ring (bicyclic) bond motifs is 6. The van der Waals surface area contributed by atoms with Gasteiger partial charge in [-0.25, -0.2) is 4.98 Å². The van der Waals surface area contributed by atoms with Crippen LogP contribution in [0.4, 0.5) is 0 Å². The first kappa shape index (κ1) is 33.3. The molecule has 3 heterocycles. The molecule has 0 saturated heterocycles. The molecule has 0 amide bonds. The normalized spacial score (nSPS) is 11.4. The second-order valence-electron chi connectivity index (χ2n) is 14.7. The molecule has 0 aliphatic heterocycles. The molecule has 0 saturated carbocycles. The van der Waals surface area contributed by atoms with Gasteiger partial charge in [0.25, 0.3) is 0 Å². The summed E-state index contributed by atoms with van der Waals surface area (Å²) in [6.45, 7) is 0. The summed E-state index contributed by atoms with van der Waals surface area (Å²) in [4.78, 5) is 5.18. The van der Waals surface area contributed by atoms with Crippen molar-refractivity contribution in [2.24, 2.45) is 0 Å². The maximum absolute atomic E-state index is 11.0. The highest BCUT2D eigenvalue weighted by molar-refractivity contribution is 6.13. The summed E-state index contributed by atoms with van der Waals surface area (Å²) in [5.74, 6) is 0. The highest BCUT2D eigenvalue weighted by Gasteiger charge is 2.23. The Kier molecular flexibility index (Phi) is 7.84. The fourth-order valence-electron chi connectivity index (χ4n) is 8.68. The van der Waals surface area contributed by atoms with Gasteiger partial charge in [0.15, 0.2) is 0 Å². The summed E-state index contributed by atoms with van der Waals surface area (Å²) in [6.07, 6.45) is 0. The highest BCUT2D eigenvalue weighted by Crippen LogP contribution is 2.42. The number of benzene rings is 8. The van der Waals surface area contributed by atoms with Crippen LogP contribution in [-0.2, 0) is 0 Å². The number of pyridine rings is 1. The third-order valence-electron chi connectivity index (χ3n) is 11.4. The lowest BCUT2D eigenvalue weighted by Crippen LogP contribution is -2.06. The van der Waals surface area contributed by atoms with Crippen LogP contribution in [0.15, 0.2) is 206 Å². The number of aromatic nitrogens is 3. The predicted octanol–water partition coefficient (Wildman–Crippen LogP) is 13.8. The lowest BCUT2D eigenvalue weighted by atomic mass is 10.0. The average molecular weight is 739 g/mol. The molecular weight excluding hydrogens is 705 g/mol. The van der Waals surface area contributed by atoms with E-state index in [2.05, 4.69) is 185 Å². The Morgan fingerprint density at radius 3 is 1.33 bits per heavy atom. The van der Waals surface area contributed by atoms with Gasteiger partial charge in [-0.3, -0.25) is 0 Å². The van der Waals surface area contributed by atoms with Crippen molar-refractivity contribution < 1.29 is 0 Å². The van der Waals surface area contributed by atoms with Crippen LogP contribution in [0.2, 0.25) is 0 Å². The van der Waals surface area contributed by atoms with E-state index < -0.39 is 0 Å². The summed E-state index contributed by atoms with van der Waals surface area (Å²) in [5.41, 5.74) is 14.8. The van der Waals surface area contributed by atoms with Gasteiger partial charge >= 0.3 is 0 Å². The topological polar surface area (TPSA) is 46.5 Å². The van der Waals surface area contributed by atoms with Crippen molar-refractivity contribution >= 4 is 43.6 Å². The van der Waals surface area contributed by atoms with Gasteiger partial charge in [-0.1, -0.05) is 146 Å². The van der Waals surface area contributed by atoms with Crippen LogP contribution in [-0.4, -0.2) is 14.1 Å². The van der Waals surface area contributed by atoms with Gasteiger partial charge in [0.05, 0.1) is 56.5 Å². The molecule has 0 radical (unpaired) electrons. The largest absolute Gasteiger partial charge is 0.307 e. The molecule has 0 fully saturated rings. The second kappa shape index (κ2) is 13.6. The molecule has 0 aliphatic carbocycles. The van der Waals surface area contributed by atoms with E-state index >= 15 is 0 Å². The average Bonchev–Trinajstić information content (AvgIpc) is 3.81. The quantitative estimate of drug-likeness (QED) is 0.170. The SMILES string of the molecule is N#Cc1cc(-n2c3ccccc3c3cc(-c4ccccc4)ccc32)c(-n2c3ccccc3c3cc(-c4ccccc4)ccc32)cc1-c1cccc(-c2ccccc2)n1. The van der Waals surface area contributed by atoms with Gasteiger partial charge in [-0.2, -0.15) is 5.26 Å². The fraction of sp³-hybridized carbons (Fsp3) is 0. The number of para-hydroxylation sites is 2. The molecule has 0 aliphatic rings. The van der Waals surface area contributed by atoms with Crippen molar-refractivity contribution in [3.8, 4) is 62.2 Å². The minimum absolute atomic E-state index is 0.551. The third kappa shape index (κ3) is 5.41. The summed E-state index contributed by atoms with van der Waals surface area (Å²) in [5, 5.41) is 15.6. The molecule has 3 aromatic heterocycles. The number of hydrogen-bond donors (Lipinski definition) is 0. The molecule has 8 aromatic carbocycles. The minimum atomic E-state index is 0.551. The Balaban J connectivity index is 1.24. The molecule has 0 N–H and O–H groups in total. The zero-order valence-corrected chi connectivity index (χ0v) is 31.4. The first-order chi connectivity index (χ1) is 28.7. The van der Waals surface area contributed by atoms with Gasteiger partial charge in [-0.05, 0) is 82.9 Å². The molecule has 11 aromatic rings. The second-order valence-corrected chi connectivity index (χ2v) is 14.7. The third-order valence-corrected chi connectivity index (χ3v) is 11.4. The Bertz CT molecular complexity index is 3390. The molecule has 0 unspecified atom stereocenters. The van der Waals surface area contributed by atoms with Gasteiger partial charge < -0.3 is 9.13 Å². The molecule has 11 rings (SSSR count). The van der Waals surface area contributed by atoms with Crippen LogP contribution in [0.25, 0.3) is 99.8 Å². The van der Waals surface area contributed by atoms with E-state index in [-0.39, 0.29) is 0 Å². The van der Waals surface area contributed by atoms with Crippen LogP contribution >= 0.6 is 0 Å². The van der Waals surface area contributed by atoms with Crippen LogP contribution in [0.3, 0.4) is 0 Å². The number of nitriles is 1. The molecule has 0 atom stereocenters. The van der Waals surface area contributed by atoms with Crippen molar-refractivity contribution in [3.63, 3.8) is 0 Å². The minimum Gasteiger partial charge on any atom is -0.307 e. The Labute approximate surface area is 335 Å². The molecule has 4 heteroatoms. The molecule has 0 bridgehead atoms. The van der Waals surface area contributed by atoms with Crippen molar-refractivity contribution in [3.05, 3.63) is 212 Å². The summed E-state index contributed by atoms with van der Waals surface area (Å²) >= 11 is 0. The smallest absolute Gasteiger partial charge is 0.0999 e. The van der Waals surface area contributed by atoms with Gasteiger partial charge in [-0.15, -0.1) is 0 Å². The van der Waals surface area contributed by atoms with Crippen LogP contribution in [0.5, 0.6) is 0 Å². The first-order valence-corrected chi connectivity index (χ1v) is 19.5. The lowest BCUT2D eigenvalue weighted by Gasteiger charge is -2.19. The maximum atomic E-state index is 11.0. The maximum Gasteiger partial charge on any atom is 0.0999 e. The summed E-state index contributed by atoms with van der Waals surface area (Å²) in [6, 6.07) is 74.9. The number of rotatable bonds is 6. The van der Waals surface area contributed by atoms with Crippen molar-refractivity contribution in [1.82, 2.24) is 14.1 Å². The number of nitrogens with zero attached hydrogens (tertiary/aromatic N) is 4. The van der Waals surface area contributed by atoms with Gasteiger partial charge in [0.1, 0.15) is 0 Å². The lowest BCUT2D eigenvalue weighted by molar-refractivity contribution is 1.09. The van der Waals surface area contributed by atoms with E-state index in [1.807, 2.05) is 36.4 Å².